The van der Waals surface area contributed by atoms with Crippen LogP contribution in [-0.4, -0.2) is 63.7 Å². The number of fused-ring (bicyclic) bond motifs is 2. The van der Waals surface area contributed by atoms with Crippen molar-refractivity contribution in [1.29, 1.82) is 5.26 Å². The SMILES string of the molecule is N#C[C@@H]1C[C@H]2C[C@H]2N1C(=O)c1nn(C2CCOCC2)c2c1[C@H](C1CC1)[C@H](NC(=O)c1cccc(C(F)(F)F)c1)C(=O)N2. The molecule has 7 rings (SSSR count). The Morgan fingerprint density at radius 2 is 1.88 bits per heavy atom. The maximum atomic E-state index is 14.1. The van der Waals surface area contributed by atoms with Gasteiger partial charge in [-0.2, -0.15) is 23.5 Å². The lowest BCUT2D eigenvalue weighted by Gasteiger charge is -2.34. The molecule has 0 radical (unpaired) electrons. The number of hydrogen-bond acceptors (Lipinski definition) is 6. The number of alkyl halides is 3. The van der Waals surface area contributed by atoms with Gasteiger partial charge in [0, 0.05) is 36.3 Å². The minimum Gasteiger partial charge on any atom is -0.381 e. The molecule has 4 fully saturated rings. The number of aromatic nitrogens is 2. The van der Waals surface area contributed by atoms with Crippen LogP contribution in [0.3, 0.4) is 0 Å². The normalized spacial score (nSPS) is 28.9. The number of hydrogen-bond donors (Lipinski definition) is 2. The van der Waals surface area contributed by atoms with Crippen LogP contribution in [0.25, 0.3) is 0 Å². The molecule has 1 aromatic carbocycles. The van der Waals surface area contributed by atoms with Crippen molar-refractivity contribution >= 4 is 23.5 Å². The van der Waals surface area contributed by atoms with Crippen LogP contribution < -0.4 is 10.6 Å². The molecule has 13 heteroatoms. The van der Waals surface area contributed by atoms with Crippen molar-refractivity contribution in [3.05, 3.63) is 46.6 Å². The van der Waals surface area contributed by atoms with Gasteiger partial charge in [0.25, 0.3) is 11.8 Å². The summed E-state index contributed by atoms with van der Waals surface area (Å²) in [6, 6.07) is 4.48. The van der Waals surface area contributed by atoms with Crippen molar-refractivity contribution in [3.63, 3.8) is 0 Å². The van der Waals surface area contributed by atoms with Gasteiger partial charge < -0.3 is 20.3 Å². The van der Waals surface area contributed by atoms with Crippen LogP contribution in [0.15, 0.2) is 24.3 Å². The Labute approximate surface area is 239 Å². The monoisotopic (exact) mass is 582 g/mol. The van der Waals surface area contributed by atoms with E-state index >= 15 is 0 Å². The molecular formula is C29H29F3N6O4. The summed E-state index contributed by atoms with van der Waals surface area (Å²) in [7, 11) is 0. The summed E-state index contributed by atoms with van der Waals surface area (Å²) < 4.78 is 47.2. The number of ether oxygens (including phenoxy) is 1. The quantitative estimate of drug-likeness (QED) is 0.554. The molecule has 2 aliphatic carbocycles. The lowest BCUT2D eigenvalue weighted by molar-refractivity contribution is -0.137. The molecule has 3 amide bonds. The summed E-state index contributed by atoms with van der Waals surface area (Å²) in [6.07, 6.45) is -0.376. The molecule has 2 N–H and O–H groups in total. The third kappa shape index (κ3) is 4.52. The second-order valence-electron chi connectivity index (χ2n) is 11.9. The molecule has 4 heterocycles. The summed E-state index contributed by atoms with van der Waals surface area (Å²) in [5.74, 6) is -1.61. The second-order valence-corrected chi connectivity index (χ2v) is 11.9. The number of nitrogens with one attached hydrogen (secondary N) is 2. The molecule has 2 saturated carbocycles. The zero-order valence-corrected chi connectivity index (χ0v) is 22.6. The minimum absolute atomic E-state index is 0.0139. The first-order chi connectivity index (χ1) is 20.2. The number of amides is 3. The topological polar surface area (TPSA) is 129 Å². The van der Waals surface area contributed by atoms with Crippen LogP contribution in [0.4, 0.5) is 19.0 Å². The Morgan fingerprint density at radius 1 is 1.12 bits per heavy atom. The van der Waals surface area contributed by atoms with Gasteiger partial charge in [0.1, 0.15) is 17.9 Å². The lowest BCUT2D eigenvalue weighted by atomic mass is 9.83. The fourth-order valence-electron chi connectivity index (χ4n) is 6.93. The minimum atomic E-state index is -4.63. The number of nitrogens with zero attached hydrogens (tertiary/aromatic N) is 4. The van der Waals surface area contributed by atoms with E-state index in [1.165, 1.54) is 6.07 Å². The van der Waals surface area contributed by atoms with Crippen LogP contribution in [0.2, 0.25) is 0 Å². The fraction of sp³-hybridized carbons (Fsp3) is 0.552. The van der Waals surface area contributed by atoms with E-state index in [0.29, 0.717) is 49.8 Å². The number of benzene rings is 1. The first kappa shape index (κ1) is 26.9. The highest BCUT2D eigenvalue weighted by molar-refractivity contribution is 6.06. The molecule has 2 aromatic rings. The summed E-state index contributed by atoms with van der Waals surface area (Å²) >= 11 is 0. The zero-order chi connectivity index (χ0) is 29.3. The van der Waals surface area contributed by atoms with Crippen molar-refractivity contribution in [2.75, 3.05) is 18.5 Å². The third-order valence-electron chi connectivity index (χ3n) is 9.26. The first-order valence-electron chi connectivity index (χ1n) is 14.4. The van der Waals surface area contributed by atoms with Gasteiger partial charge in [0.2, 0.25) is 5.91 Å². The Morgan fingerprint density at radius 3 is 2.57 bits per heavy atom. The summed E-state index contributed by atoms with van der Waals surface area (Å²) in [4.78, 5) is 42.6. The molecule has 1 aromatic heterocycles. The highest BCUT2D eigenvalue weighted by Crippen LogP contribution is 2.52. The van der Waals surface area contributed by atoms with Gasteiger partial charge in [-0.25, -0.2) is 4.68 Å². The Balaban J connectivity index is 1.28. The van der Waals surface area contributed by atoms with Crippen molar-refractivity contribution in [2.24, 2.45) is 11.8 Å². The highest BCUT2D eigenvalue weighted by atomic mass is 19.4. The average molecular weight is 583 g/mol. The van der Waals surface area contributed by atoms with Crippen LogP contribution in [0, 0.1) is 23.2 Å². The first-order valence-corrected chi connectivity index (χ1v) is 14.4. The smallest absolute Gasteiger partial charge is 0.381 e. The lowest BCUT2D eigenvalue weighted by Crippen LogP contribution is -2.51. The van der Waals surface area contributed by atoms with Crippen molar-refractivity contribution < 1.29 is 32.3 Å². The maximum absolute atomic E-state index is 14.1. The summed E-state index contributed by atoms with van der Waals surface area (Å²) in [6.45, 7) is 1.01. The number of rotatable bonds is 5. The van der Waals surface area contributed by atoms with E-state index in [1.54, 1.807) is 9.58 Å². The number of carbonyl (C=O) groups is 3. The van der Waals surface area contributed by atoms with E-state index < -0.39 is 41.6 Å². The van der Waals surface area contributed by atoms with Crippen molar-refractivity contribution in [1.82, 2.24) is 20.0 Å². The van der Waals surface area contributed by atoms with E-state index in [0.717, 1.165) is 37.5 Å². The van der Waals surface area contributed by atoms with Gasteiger partial charge in [-0.1, -0.05) is 6.07 Å². The largest absolute Gasteiger partial charge is 0.416 e. The van der Waals surface area contributed by atoms with Gasteiger partial charge in [0.15, 0.2) is 5.69 Å². The standard InChI is InChI=1S/C29H29F3N6O4/c30-29(31,32)17-3-1-2-15(10-17)26(39)34-23-21(14-4-5-14)22-24(28(41)37-19(13-33)11-16-12-20(16)37)36-38(25(22)35-27(23)40)18-6-8-42-9-7-18/h1-3,10,14,16,18-21,23H,4-9,11-12H2,(H,34,39)(H,35,40)/t16-,19-,20+,21-,23-/m0/s1. The van der Waals surface area contributed by atoms with Gasteiger partial charge in [-0.3, -0.25) is 14.4 Å². The average Bonchev–Trinajstić information content (AvgIpc) is 3.90. The molecule has 5 aliphatic rings. The molecule has 42 heavy (non-hydrogen) atoms. The molecule has 0 unspecified atom stereocenters. The third-order valence-corrected chi connectivity index (χ3v) is 9.26. The number of likely N-dealkylation sites (tertiary alicyclic amines) is 1. The predicted molar refractivity (Wildman–Crippen MR) is 140 cm³/mol. The summed E-state index contributed by atoms with van der Waals surface area (Å²) in [5.41, 5.74) is -0.491. The number of piperidine rings is 1. The van der Waals surface area contributed by atoms with Crippen LogP contribution in [-0.2, 0) is 15.7 Å². The molecule has 0 bridgehead atoms. The second kappa shape index (κ2) is 9.83. The molecular weight excluding hydrogens is 553 g/mol. The van der Waals surface area contributed by atoms with Gasteiger partial charge in [-0.05, 0) is 68.6 Å². The Hall–Kier alpha value is -3.92. The highest BCUT2D eigenvalue weighted by Gasteiger charge is 2.56. The fourth-order valence-corrected chi connectivity index (χ4v) is 6.93. The van der Waals surface area contributed by atoms with E-state index in [2.05, 4.69) is 16.7 Å². The van der Waals surface area contributed by atoms with Crippen LogP contribution >= 0.6 is 0 Å². The van der Waals surface area contributed by atoms with E-state index in [-0.39, 0.29) is 35.2 Å². The number of carbonyl (C=O) groups excluding carboxylic acids is 3. The molecule has 3 aliphatic heterocycles. The number of nitriles is 1. The molecule has 5 atom stereocenters. The van der Waals surface area contributed by atoms with E-state index in [9.17, 15) is 32.8 Å². The van der Waals surface area contributed by atoms with Gasteiger partial charge in [0.05, 0.1) is 17.7 Å². The van der Waals surface area contributed by atoms with Crippen LogP contribution in [0.1, 0.15) is 82.5 Å². The van der Waals surface area contributed by atoms with Crippen molar-refractivity contribution in [3.8, 4) is 6.07 Å². The summed E-state index contributed by atoms with van der Waals surface area (Å²) in [5, 5.41) is 20.1. The number of anilines is 1. The van der Waals surface area contributed by atoms with Gasteiger partial charge >= 0.3 is 6.18 Å². The van der Waals surface area contributed by atoms with Crippen molar-refractivity contribution in [2.45, 2.75) is 74.8 Å². The van der Waals surface area contributed by atoms with E-state index in [4.69, 9.17) is 9.84 Å². The van der Waals surface area contributed by atoms with Gasteiger partial charge in [-0.15, -0.1) is 0 Å². The Kier molecular flexibility index (Phi) is 6.31. The van der Waals surface area contributed by atoms with Crippen LogP contribution in [0.5, 0.6) is 0 Å². The predicted octanol–water partition coefficient (Wildman–Crippen LogP) is 3.62. The molecule has 2 saturated heterocycles. The molecule has 0 spiro atoms. The van der Waals surface area contributed by atoms with E-state index in [1.807, 2.05) is 0 Å². The maximum Gasteiger partial charge on any atom is 0.416 e. The molecule has 220 valence electrons. The zero-order valence-electron chi connectivity index (χ0n) is 22.6. The Bertz CT molecular complexity index is 1510. The number of halogens is 3. The molecule has 10 nitrogen and oxygen atoms in total.